The molecule has 0 aromatic carbocycles. The Bertz CT molecular complexity index is 752. The highest BCUT2D eigenvalue weighted by molar-refractivity contribution is 7.99. The van der Waals surface area contributed by atoms with E-state index in [-0.39, 0.29) is 22.9 Å². The molecule has 0 spiro atoms. The summed E-state index contributed by atoms with van der Waals surface area (Å²) in [6, 6.07) is 0.154. The second-order valence-corrected chi connectivity index (χ2v) is 7.08. The highest BCUT2D eigenvalue weighted by atomic mass is 32.2. The second-order valence-electron chi connectivity index (χ2n) is 5.57. The fraction of sp³-hybridized carbons (Fsp3) is 0.533. The molecule has 2 unspecified atom stereocenters. The summed E-state index contributed by atoms with van der Waals surface area (Å²) < 4.78 is 1.59. The van der Waals surface area contributed by atoms with Gasteiger partial charge in [0.2, 0.25) is 5.43 Å². The Balaban J connectivity index is 1.83. The van der Waals surface area contributed by atoms with Gasteiger partial charge in [0.25, 0.3) is 5.91 Å². The number of nitrogens with one attached hydrogen (secondary N) is 2. The number of carbonyl (C=O) groups excluding carboxylic acids is 1. The van der Waals surface area contributed by atoms with E-state index in [2.05, 4.69) is 22.3 Å². The molecule has 22 heavy (non-hydrogen) atoms. The molecular formula is C15H20N4O2S. The van der Waals surface area contributed by atoms with Crippen LogP contribution in [0.2, 0.25) is 0 Å². The van der Waals surface area contributed by atoms with E-state index in [4.69, 9.17) is 0 Å². The number of aromatic amines is 1. The molecule has 2 heterocycles. The highest BCUT2D eigenvalue weighted by Crippen LogP contribution is 2.29. The molecule has 7 heteroatoms. The zero-order valence-electron chi connectivity index (χ0n) is 12.8. The van der Waals surface area contributed by atoms with Crippen LogP contribution in [0.1, 0.15) is 36.5 Å². The first-order valence-electron chi connectivity index (χ1n) is 7.57. The average molecular weight is 320 g/mol. The van der Waals surface area contributed by atoms with Gasteiger partial charge in [-0.1, -0.05) is 13.3 Å². The standard InChI is InChI=1S/C15H20N4O2S/c1-3-22-12-6-4-5-11(12)18-15(21)10-7-16-14-9(13(10)20)8-17-19(14)2/h7-8,11-12H,3-6H2,1-2H3,(H,16,20)(H,18,21). The van der Waals surface area contributed by atoms with Crippen LogP contribution in [-0.2, 0) is 7.05 Å². The van der Waals surface area contributed by atoms with E-state index >= 15 is 0 Å². The Labute approximate surface area is 132 Å². The summed E-state index contributed by atoms with van der Waals surface area (Å²) in [6.07, 6.45) is 6.22. The summed E-state index contributed by atoms with van der Waals surface area (Å²) in [4.78, 5) is 27.9. The lowest BCUT2D eigenvalue weighted by Gasteiger charge is -2.19. The van der Waals surface area contributed by atoms with E-state index < -0.39 is 0 Å². The van der Waals surface area contributed by atoms with E-state index in [1.807, 2.05) is 11.8 Å². The van der Waals surface area contributed by atoms with E-state index in [9.17, 15) is 9.59 Å². The van der Waals surface area contributed by atoms with Gasteiger partial charge >= 0.3 is 0 Å². The van der Waals surface area contributed by atoms with Gasteiger partial charge in [-0.2, -0.15) is 16.9 Å². The zero-order chi connectivity index (χ0) is 15.7. The van der Waals surface area contributed by atoms with Crippen molar-refractivity contribution in [2.75, 3.05) is 5.75 Å². The Morgan fingerprint density at radius 3 is 3.14 bits per heavy atom. The van der Waals surface area contributed by atoms with Crippen molar-refractivity contribution in [2.45, 2.75) is 37.5 Å². The third-order valence-corrected chi connectivity index (χ3v) is 5.50. The summed E-state index contributed by atoms with van der Waals surface area (Å²) in [5.74, 6) is 0.750. The van der Waals surface area contributed by atoms with Crippen molar-refractivity contribution in [3.63, 3.8) is 0 Å². The van der Waals surface area contributed by atoms with Gasteiger partial charge in [-0.3, -0.25) is 14.3 Å². The molecule has 0 radical (unpaired) electrons. The van der Waals surface area contributed by atoms with Gasteiger partial charge in [-0.25, -0.2) is 0 Å². The van der Waals surface area contributed by atoms with E-state index in [0.29, 0.717) is 16.3 Å². The number of carbonyl (C=O) groups is 1. The molecular weight excluding hydrogens is 300 g/mol. The van der Waals surface area contributed by atoms with Gasteiger partial charge in [-0.15, -0.1) is 0 Å². The normalized spacial score (nSPS) is 21.4. The largest absolute Gasteiger partial charge is 0.348 e. The molecule has 0 saturated heterocycles. The van der Waals surface area contributed by atoms with Crippen molar-refractivity contribution in [1.29, 1.82) is 0 Å². The summed E-state index contributed by atoms with van der Waals surface area (Å²) in [7, 11) is 1.75. The number of pyridine rings is 1. The number of hydrogen-bond donors (Lipinski definition) is 2. The van der Waals surface area contributed by atoms with Crippen molar-refractivity contribution in [3.05, 3.63) is 28.2 Å². The first-order chi connectivity index (χ1) is 10.6. The number of aromatic nitrogens is 3. The minimum absolute atomic E-state index is 0.154. The molecule has 1 aliphatic carbocycles. The maximum absolute atomic E-state index is 12.5. The number of H-pyrrole nitrogens is 1. The van der Waals surface area contributed by atoms with Gasteiger partial charge in [0.1, 0.15) is 11.2 Å². The topological polar surface area (TPSA) is 79.8 Å². The number of fused-ring (bicyclic) bond motifs is 1. The summed E-state index contributed by atoms with van der Waals surface area (Å²) in [6.45, 7) is 2.13. The van der Waals surface area contributed by atoms with Gasteiger partial charge < -0.3 is 10.3 Å². The molecule has 1 aliphatic rings. The van der Waals surface area contributed by atoms with E-state index in [1.165, 1.54) is 12.4 Å². The predicted octanol–water partition coefficient (Wildman–Crippen LogP) is 1.67. The van der Waals surface area contributed by atoms with Crippen LogP contribution in [0.5, 0.6) is 0 Å². The SMILES string of the molecule is CCSC1CCCC1NC(=O)c1c[nH]c2c(cnn2C)c1=O. The van der Waals surface area contributed by atoms with Gasteiger partial charge in [0.05, 0.1) is 11.6 Å². The maximum Gasteiger partial charge on any atom is 0.257 e. The number of thioether (sulfide) groups is 1. The van der Waals surface area contributed by atoms with Crippen LogP contribution in [0.4, 0.5) is 0 Å². The minimum Gasteiger partial charge on any atom is -0.348 e. The quantitative estimate of drug-likeness (QED) is 0.898. The van der Waals surface area contributed by atoms with Gasteiger partial charge in [0.15, 0.2) is 0 Å². The van der Waals surface area contributed by atoms with E-state index in [1.54, 1.807) is 11.7 Å². The highest BCUT2D eigenvalue weighted by Gasteiger charge is 2.29. The van der Waals surface area contributed by atoms with Crippen LogP contribution in [0.25, 0.3) is 11.0 Å². The van der Waals surface area contributed by atoms with Crippen LogP contribution in [0, 0.1) is 0 Å². The Morgan fingerprint density at radius 2 is 2.36 bits per heavy atom. The molecule has 1 saturated carbocycles. The fourth-order valence-electron chi connectivity index (χ4n) is 3.05. The monoisotopic (exact) mass is 320 g/mol. The molecule has 2 aromatic heterocycles. The lowest BCUT2D eigenvalue weighted by Crippen LogP contribution is -2.40. The first-order valence-corrected chi connectivity index (χ1v) is 8.62. The molecule has 1 amide bonds. The van der Waals surface area contributed by atoms with E-state index in [0.717, 1.165) is 25.0 Å². The molecule has 118 valence electrons. The fourth-order valence-corrected chi connectivity index (χ4v) is 4.24. The van der Waals surface area contributed by atoms with Crippen molar-refractivity contribution in [2.24, 2.45) is 7.05 Å². The third-order valence-electron chi connectivity index (χ3n) is 4.18. The minimum atomic E-state index is -0.291. The molecule has 0 aliphatic heterocycles. The van der Waals surface area contributed by atoms with Crippen LogP contribution in [0.15, 0.2) is 17.2 Å². The number of amides is 1. The smallest absolute Gasteiger partial charge is 0.257 e. The molecule has 2 N–H and O–H groups in total. The molecule has 3 rings (SSSR count). The molecule has 2 atom stereocenters. The van der Waals surface area contributed by atoms with Crippen molar-refractivity contribution >= 4 is 28.7 Å². The number of hydrogen-bond acceptors (Lipinski definition) is 4. The zero-order valence-corrected chi connectivity index (χ0v) is 13.6. The third kappa shape index (κ3) is 2.65. The van der Waals surface area contributed by atoms with Crippen molar-refractivity contribution in [3.8, 4) is 0 Å². The number of nitrogens with zero attached hydrogens (tertiary/aromatic N) is 2. The molecule has 2 aromatic rings. The molecule has 1 fully saturated rings. The average Bonchev–Trinajstić information content (AvgIpc) is 3.08. The lowest BCUT2D eigenvalue weighted by molar-refractivity contribution is 0.0937. The van der Waals surface area contributed by atoms with Crippen molar-refractivity contribution < 1.29 is 4.79 Å². The Kier molecular flexibility index (Phi) is 4.24. The van der Waals surface area contributed by atoms with Crippen LogP contribution >= 0.6 is 11.8 Å². The number of rotatable bonds is 4. The predicted molar refractivity (Wildman–Crippen MR) is 88.4 cm³/mol. The van der Waals surface area contributed by atoms with Crippen LogP contribution < -0.4 is 10.7 Å². The van der Waals surface area contributed by atoms with Gasteiger partial charge in [0, 0.05) is 24.5 Å². The molecule has 6 nitrogen and oxygen atoms in total. The van der Waals surface area contributed by atoms with Crippen LogP contribution in [-0.4, -0.2) is 37.7 Å². The first kappa shape index (κ1) is 15.1. The number of aryl methyl sites for hydroxylation is 1. The molecule has 0 bridgehead atoms. The Hall–Kier alpha value is -1.76. The van der Waals surface area contributed by atoms with Crippen molar-refractivity contribution in [1.82, 2.24) is 20.1 Å². The second kappa shape index (κ2) is 6.16. The lowest BCUT2D eigenvalue weighted by atomic mass is 10.2. The van der Waals surface area contributed by atoms with Gasteiger partial charge in [-0.05, 0) is 18.6 Å². The van der Waals surface area contributed by atoms with Crippen LogP contribution in [0.3, 0.4) is 0 Å². The summed E-state index contributed by atoms with van der Waals surface area (Å²) in [5, 5.41) is 7.98. The maximum atomic E-state index is 12.5. The summed E-state index contributed by atoms with van der Waals surface area (Å²) >= 11 is 1.88. The Morgan fingerprint density at radius 1 is 1.55 bits per heavy atom. The summed E-state index contributed by atoms with van der Waals surface area (Å²) in [5.41, 5.74) is 0.520.